The van der Waals surface area contributed by atoms with E-state index in [1.165, 1.54) is 0 Å². The minimum Gasteiger partial charge on any atom is -0.449 e. The molecule has 0 bridgehead atoms. The van der Waals surface area contributed by atoms with E-state index in [1.807, 2.05) is 0 Å². The van der Waals surface area contributed by atoms with E-state index in [0.717, 1.165) is 0 Å². The average Bonchev–Trinajstić information content (AvgIpc) is 2.63. The molecule has 0 amide bonds. The summed E-state index contributed by atoms with van der Waals surface area (Å²) in [5.41, 5.74) is -10.8. The summed E-state index contributed by atoms with van der Waals surface area (Å²) in [6.45, 7) is 2.13. The SMILES string of the molecule is C=C(C(=O)OC1(C)CC(C2CCCCC2)(C(F)(F)F)OC(O)(C(F)(F)F)C1(F)F)C(F)(F)F. The average molecular weight is 508 g/mol. The van der Waals surface area contributed by atoms with Crippen molar-refractivity contribution in [3.05, 3.63) is 12.2 Å². The highest BCUT2D eigenvalue weighted by molar-refractivity contribution is 5.89. The van der Waals surface area contributed by atoms with Crippen molar-refractivity contribution < 1.29 is 67.7 Å². The predicted molar refractivity (Wildman–Crippen MR) is 86.7 cm³/mol. The van der Waals surface area contributed by atoms with E-state index >= 15 is 0 Å². The van der Waals surface area contributed by atoms with Gasteiger partial charge in [-0.05, 0) is 25.7 Å². The van der Waals surface area contributed by atoms with Crippen molar-refractivity contribution in [1.82, 2.24) is 0 Å². The molecule has 0 aromatic heterocycles. The Morgan fingerprint density at radius 3 is 1.85 bits per heavy atom. The summed E-state index contributed by atoms with van der Waals surface area (Å²) in [6.07, 6.45) is -20.6. The van der Waals surface area contributed by atoms with Gasteiger partial charge in [-0.25, -0.2) is 4.79 Å². The van der Waals surface area contributed by atoms with Gasteiger partial charge in [-0.3, -0.25) is 0 Å². The van der Waals surface area contributed by atoms with Gasteiger partial charge < -0.3 is 14.6 Å². The zero-order valence-corrected chi connectivity index (χ0v) is 16.9. The third-order valence-electron chi connectivity index (χ3n) is 6.05. The standard InChI is InChI=1S/C18H19F11O4/c1-9(14(19,20)21)11(30)32-12(2)8-13(17(24,25)26,10-6-4-3-5-7-10)33-16(31,15(12,22)23)18(27,28)29/h10,31H,1,3-8H2,2H3. The number of aliphatic hydroxyl groups is 1. The molecule has 33 heavy (non-hydrogen) atoms. The predicted octanol–water partition coefficient (Wildman–Crippen LogP) is 5.59. The molecule has 0 spiro atoms. The zero-order valence-electron chi connectivity index (χ0n) is 16.9. The summed E-state index contributed by atoms with van der Waals surface area (Å²) < 4.78 is 159. The van der Waals surface area contributed by atoms with E-state index in [0.29, 0.717) is 6.42 Å². The molecule has 1 aliphatic heterocycles. The van der Waals surface area contributed by atoms with Gasteiger partial charge in [0.1, 0.15) is 5.57 Å². The number of carbonyl (C=O) groups excluding carboxylic acids is 1. The van der Waals surface area contributed by atoms with Gasteiger partial charge >= 0.3 is 36.2 Å². The lowest BCUT2D eigenvalue weighted by Crippen LogP contribution is -2.80. The first-order valence-electron chi connectivity index (χ1n) is 9.49. The number of halogens is 11. The molecule has 15 heteroatoms. The van der Waals surface area contributed by atoms with Crippen LogP contribution < -0.4 is 0 Å². The van der Waals surface area contributed by atoms with E-state index in [-0.39, 0.29) is 19.8 Å². The molecule has 0 radical (unpaired) electrons. The molecule has 1 N–H and O–H groups in total. The Morgan fingerprint density at radius 2 is 1.45 bits per heavy atom. The van der Waals surface area contributed by atoms with Crippen LogP contribution in [-0.4, -0.2) is 52.5 Å². The molecular weight excluding hydrogens is 489 g/mol. The monoisotopic (exact) mass is 508 g/mol. The molecule has 1 saturated heterocycles. The van der Waals surface area contributed by atoms with Crippen LogP contribution in [0.25, 0.3) is 0 Å². The van der Waals surface area contributed by atoms with Gasteiger partial charge in [-0.2, -0.15) is 48.3 Å². The van der Waals surface area contributed by atoms with Crippen molar-refractivity contribution in [3.8, 4) is 0 Å². The lowest BCUT2D eigenvalue weighted by Gasteiger charge is -2.58. The fourth-order valence-electron chi connectivity index (χ4n) is 4.24. The number of rotatable bonds is 3. The van der Waals surface area contributed by atoms with E-state index in [9.17, 15) is 58.2 Å². The number of carbonyl (C=O) groups is 1. The molecule has 3 atom stereocenters. The van der Waals surface area contributed by atoms with Crippen LogP contribution >= 0.6 is 0 Å². The fourth-order valence-corrected chi connectivity index (χ4v) is 4.24. The Kier molecular flexibility index (Phi) is 6.65. The van der Waals surface area contributed by atoms with Crippen molar-refractivity contribution in [2.24, 2.45) is 5.92 Å². The summed E-state index contributed by atoms with van der Waals surface area (Å²) in [7, 11) is 0. The maximum Gasteiger partial charge on any atom is 0.449 e. The molecule has 0 aromatic carbocycles. The molecule has 4 nitrogen and oxygen atoms in total. The van der Waals surface area contributed by atoms with Crippen LogP contribution in [0.5, 0.6) is 0 Å². The molecule has 1 aliphatic carbocycles. The summed E-state index contributed by atoms with van der Waals surface area (Å²) >= 11 is 0. The van der Waals surface area contributed by atoms with E-state index in [4.69, 9.17) is 0 Å². The molecule has 1 heterocycles. The summed E-state index contributed by atoms with van der Waals surface area (Å²) in [5, 5.41) is 9.88. The van der Waals surface area contributed by atoms with Crippen LogP contribution in [-0.2, 0) is 14.3 Å². The van der Waals surface area contributed by atoms with Crippen LogP contribution in [0, 0.1) is 5.92 Å². The van der Waals surface area contributed by atoms with E-state index in [1.54, 1.807) is 0 Å². The highest BCUT2D eigenvalue weighted by Gasteiger charge is 2.86. The Bertz CT molecular complexity index is 782. The topological polar surface area (TPSA) is 55.8 Å². The molecule has 0 aromatic rings. The molecule has 192 valence electrons. The minimum atomic E-state index is -6.57. The third kappa shape index (κ3) is 4.30. The first-order chi connectivity index (χ1) is 14.6. The summed E-state index contributed by atoms with van der Waals surface area (Å²) in [4.78, 5) is 11.8. The Labute approximate surface area is 179 Å². The second kappa shape index (κ2) is 7.95. The first kappa shape index (κ1) is 27.6. The summed E-state index contributed by atoms with van der Waals surface area (Å²) in [5.74, 6) is -16.3. The Morgan fingerprint density at radius 1 is 0.970 bits per heavy atom. The zero-order chi connectivity index (χ0) is 25.9. The smallest absolute Gasteiger partial charge is 0.449 e. The molecule has 2 rings (SSSR count). The summed E-state index contributed by atoms with van der Waals surface area (Å²) in [6, 6.07) is 0. The Hall–Kier alpha value is -1.64. The van der Waals surface area contributed by atoms with Crippen molar-refractivity contribution in [1.29, 1.82) is 0 Å². The maximum atomic E-state index is 15.0. The van der Waals surface area contributed by atoms with Gasteiger partial charge in [0.05, 0.1) is 0 Å². The second-order valence-electron chi connectivity index (χ2n) is 8.31. The van der Waals surface area contributed by atoms with Crippen molar-refractivity contribution in [2.45, 2.75) is 86.9 Å². The third-order valence-corrected chi connectivity index (χ3v) is 6.05. The van der Waals surface area contributed by atoms with Gasteiger partial charge in [0, 0.05) is 6.42 Å². The quantitative estimate of drug-likeness (QED) is 0.307. The largest absolute Gasteiger partial charge is 0.449 e. The van der Waals surface area contributed by atoms with E-state index < -0.39 is 78.2 Å². The highest BCUT2D eigenvalue weighted by atomic mass is 19.4. The first-order valence-corrected chi connectivity index (χ1v) is 9.49. The van der Waals surface area contributed by atoms with Gasteiger partial charge in [0.2, 0.25) is 0 Å². The lowest BCUT2D eigenvalue weighted by molar-refractivity contribution is -0.522. The number of esters is 1. The highest BCUT2D eigenvalue weighted by Crippen LogP contribution is 2.63. The van der Waals surface area contributed by atoms with Gasteiger partial charge in [0.25, 0.3) is 0 Å². The molecule has 1 saturated carbocycles. The number of hydrogen-bond acceptors (Lipinski definition) is 4. The normalized spacial score (nSPS) is 34.1. The van der Waals surface area contributed by atoms with Crippen molar-refractivity contribution in [3.63, 3.8) is 0 Å². The van der Waals surface area contributed by atoms with Crippen molar-refractivity contribution in [2.75, 3.05) is 0 Å². The molecule has 3 unspecified atom stereocenters. The molecular formula is C18H19F11O4. The van der Waals surface area contributed by atoms with Crippen LogP contribution in [0.2, 0.25) is 0 Å². The maximum absolute atomic E-state index is 15.0. The molecule has 2 fully saturated rings. The molecule has 2 aliphatic rings. The Balaban J connectivity index is 2.74. The van der Waals surface area contributed by atoms with Crippen LogP contribution in [0.3, 0.4) is 0 Å². The number of hydrogen-bond donors (Lipinski definition) is 1. The fraction of sp³-hybridized carbons (Fsp3) is 0.833. The van der Waals surface area contributed by atoms with Crippen LogP contribution in [0.4, 0.5) is 48.3 Å². The number of ether oxygens (including phenoxy) is 2. The van der Waals surface area contributed by atoms with Crippen LogP contribution in [0.1, 0.15) is 45.4 Å². The minimum absolute atomic E-state index is 0.0497. The van der Waals surface area contributed by atoms with Gasteiger partial charge in [0.15, 0.2) is 11.2 Å². The number of alkyl halides is 11. The second-order valence-corrected chi connectivity index (χ2v) is 8.31. The van der Waals surface area contributed by atoms with E-state index in [2.05, 4.69) is 16.1 Å². The lowest BCUT2D eigenvalue weighted by atomic mass is 9.67. The van der Waals surface area contributed by atoms with Gasteiger partial charge in [-0.15, -0.1) is 0 Å². The van der Waals surface area contributed by atoms with Crippen LogP contribution in [0.15, 0.2) is 12.2 Å². The van der Waals surface area contributed by atoms with Crippen molar-refractivity contribution >= 4 is 5.97 Å². The van der Waals surface area contributed by atoms with Gasteiger partial charge in [-0.1, -0.05) is 25.8 Å².